The molecule has 2 fully saturated rings. The van der Waals surface area contributed by atoms with Gasteiger partial charge in [-0.3, -0.25) is 9.89 Å². The van der Waals surface area contributed by atoms with Gasteiger partial charge in [0.2, 0.25) is 5.95 Å². The van der Waals surface area contributed by atoms with Gasteiger partial charge in [-0.25, -0.2) is 15.0 Å². The van der Waals surface area contributed by atoms with E-state index in [0.29, 0.717) is 35.5 Å². The largest absolute Gasteiger partial charge is 0.411 e. The van der Waals surface area contributed by atoms with E-state index < -0.39 is 12.8 Å². The predicted octanol–water partition coefficient (Wildman–Crippen LogP) is 0.735. The average Bonchev–Trinajstić information content (AvgIpc) is 2.93. The Balaban J connectivity index is 1.68. The van der Waals surface area contributed by atoms with E-state index >= 15 is 0 Å². The lowest BCUT2D eigenvalue weighted by Crippen LogP contribution is -2.46. The zero-order valence-corrected chi connectivity index (χ0v) is 21.4. The molecule has 0 aromatic carbocycles. The third-order valence-electron chi connectivity index (χ3n) is 6.07. The predicted molar refractivity (Wildman–Crippen MR) is 140 cm³/mol. The van der Waals surface area contributed by atoms with Crippen LogP contribution in [-0.4, -0.2) is 122 Å². The third kappa shape index (κ3) is 8.18. The van der Waals surface area contributed by atoms with E-state index in [1.54, 1.807) is 19.3 Å². The number of ether oxygens (including phenoxy) is 1. The second-order valence-electron chi connectivity index (χ2n) is 8.84. The number of nitrogens with zero attached hydrogens (tertiary/aromatic N) is 7. The molecule has 208 valence electrons. The highest BCUT2D eigenvalue weighted by molar-refractivity contribution is 6.07. The summed E-state index contributed by atoms with van der Waals surface area (Å²) in [6.07, 6.45) is -1.36. The highest BCUT2D eigenvalue weighted by Crippen LogP contribution is 2.29. The molecule has 2 aliphatic rings. The van der Waals surface area contributed by atoms with Gasteiger partial charge in [0.15, 0.2) is 5.82 Å². The summed E-state index contributed by atoms with van der Waals surface area (Å²) >= 11 is 0. The van der Waals surface area contributed by atoms with Crippen molar-refractivity contribution in [2.75, 3.05) is 101 Å². The first-order valence-corrected chi connectivity index (χ1v) is 12.6. The summed E-state index contributed by atoms with van der Waals surface area (Å²) in [5.41, 5.74) is 1.85. The van der Waals surface area contributed by atoms with Gasteiger partial charge >= 0.3 is 6.18 Å². The maximum absolute atomic E-state index is 12.6. The van der Waals surface area contributed by atoms with Gasteiger partial charge in [-0.2, -0.15) is 18.2 Å². The van der Waals surface area contributed by atoms with Crippen molar-refractivity contribution in [3.05, 3.63) is 24.3 Å². The smallest absolute Gasteiger partial charge is 0.378 e. The van der Waals surface area contributed by atoms with Crippen molar-refractivity contribution in [1.82, 2.24) is 35.5 Å². The lowest BCUT2D eigenvalue weighted by Gasteiger charge is -2.30. The van der Waals surface area contributed by atoms with Gasteiger partial charge in [0.05, 0.1) is 12.3 Å². The van der Waals surface area contributed by atoms with Crippen LogP contribution in [0.15, 0.2) is 23.6 Å². The molecule has 0 atom stereocenters. The molecule has 38 heavy (non-hydrogen) atoms. The fourth-order valence-corrected chi connectivity index (χ4v) is 4.18. The minimum Gasteiger partial charge on any atom is -0.378 e. The monoisotopic (exact) mass is 537 g/mol. The van der Waals surface area contributed by atoms with Crippen molar-refractivity contribution in [2.24, 2.45) is 4.99 Å². The first kappa shape index (κ1) is 27.9. The number of hydrogen-bond acceptors (Lipinski definition) is 12. The molecule has 0 spiro atoms. The third-order valence-corrected chi connectivity index (χ3v) is 6.07. The normalized spacial score (nSPS) is 17.5. The van der Waals surface area contributed by atoms with Crippen LogP contribution in [0.1, 0.15) is 5.69 Å². The van der Waals surface area contributed by atoms with Crippen molar-refractivity contribution in [1.29, 1.82) is 0 Å². The molecule has 0 radical (unpaired) electrons. The summed E-state index contributed by atoms with van der Waals surface area (Å²) in [6, 6.07) is 1.71. The molecular weight excluding hydrogens is 503 g/mol. The minimum atomic E-state index is -4.38. The summed E-state index contributed by atoms with van der Waals surface area (Å²) in [5.74, 6) is 1.50. The Morgan fingerprint density at radius 1 is 1.11 bits per heavy atom. The molecule has 12 nitrogen and oxygen atoms in total. The molecule has 2 saturated heterocycles. The minimum absolute atomic E-state index is 0.114. The lowest BCUT2D eigenvalue weighted by atomic mass is 10.1. The maximum Gasteiger partial charge on any atom is 0.411 e. The molecule has 2 aromatic heterocycles. The van der Waals surface area contributed by atoms with Crippen LogP contribution in [0.5, 0.6) is 0 Å². The molecule has 4 rings (SSSR count). The van der Waals surface area contributed by atoms with Crippen LogP contribution in [0.3, 0.4) is 0 Å². The first-order valence-electron chi connectivity index (χ1n) is 12.6. The van der Waals surface area contributed by atoms with Crippen molar-refractivity contribution in [3.8, 4) is 0 Å². The molecule has 0 amide bonds. The second kappa shape index (κ2) is 13.6. The number of aliphatic imine (C=N–C) groups is 1. The zero-order chi connectivity index (χ0) is 26.8. The van der Waals surface area contributed by atoms with Crippen LogP contribution in [0, 0.1) is 0 Å². The van der Waals surface area contributed by atoms with E-state index in [9.17, 15) is 13.2 Å². The molecule has 2 aromatic rings. The number of rotatable bonds is 11. The van der Waals surface area contributed by atoms with Gasteiger partial charge in [0.25, 0.3) is 0 Å². The topological polar surface area (TPSA) is 128 Å². The van der Waals surface area contributed by atoms with E-state index in [0.717, 1.165) is 58.1 Å². The Morgan fingerprint density at radius 2 is 1.84 bits per heavy atom. The fraction of sp³-hybridized carbons (Fsp3) is 0.609. The van der Waals surface area contributed by atoms with E-state index in [1.165, 1.54) is 6.33 Å². The van der Waals surface area contributed by atoms with E-state index in [2.05, 4.69) is 46.0 Å². The van der Waals surface area contributed by atoms with Crippen LogP contribution in [0.2, 0.25) is 0 Å². The number of piperazine rings is 2. The van der Waals surface area contributed by atoms with Crippen molar-refractivity contribution in [2.45, 2.75) is 6.18 Å². The standard InChI is InChI=1S/C23H34F3N11O/c1-27-17(14-36-9-4-28-5-10-36)19-20(31-8-13-38-15-23(24,25)26)21(33-18-2-3-30-16-32-18)35-22(34-19)37-11-6-29-7-12-37/h2-3,16,28-29,31H,4-15H2,1H3,(H,30,32,33,34,35). The summed E-state index contributed by atoms with van der Waals surface area (Å²) < 4.78 is 42.5. The zero-order valence-electron chi connectivity index (χ0n) is 21.4. The molecule has 0 unspecified atom stereocenters. The molecule has 15 heteroatoms. The highest BCUT2D eigenvalue weighted by Gasteiger charge is 2.28. The summed E-state index contributed by atoms with van der Waals surface area (Å²) in [4.78, 5) is 26.9. The van der Waals surface area contributed by atoms with Crippen LogP contribution in [0.25, 0.3) is 0 Å². The summed E-state index contributed by atoms with van der Waals surface area (Å²) in [5, 5.41) is 13.1. The number of hydrogen-bond donors (Lipinski definition) is 4. The Labute approximate surface area is 219 Å². The van der Waals surface area contributed by atoms with E-state index in [1.807, 2.05) is 0 Å². The van der Waals surface area contributed by atoms with Crippen molar-refractivity contribution >= 4 is 29.0 Å². The Kier molecular flexibility index (Phi) is 9.98. The van der Waals surface area contributed by atoms with Crippen molar-refractivity contribution < 1.29 is 17.9 Å². The van der Waals surface area contributed by atoms with Gasteiger partial charge in [0, 0.05) is 78.7 Å². The molecule has 4 N–H and O–H groups in total. The maximum atomic E-state index is 12.6. The lowest BCUT2D eigenvalue weighted by molar-refractivity contribution is -0.172. The van der Waals surface area contributed by atoms with Gasteiger partial charge in [-0.15, -0.1) is 0 Å². The molecule has 0 saturated carbocycles. The average molecular weight is 538 g/mol. The van der Waals surface area contributed by atoms with Gasteiger partial charge in [0.1, 0.15) is 30.1 Å². The fourth-order valence-electron chi connectivity index (χ4n) is 4.18. The summed E-state index contributed by atoms with van der Waals surface area (Å²) in [6.45, 7) is 5.82. The number of aromatic nitrogens is 4. The Hall–Kier alpha value is -3.14. The van der Waals surface area contributed by atoms with Crippen LogP contribution in [-0.2, 0) is 4.74 Å². The molecule has 4 heterocycles. The Bertz CT molecular complexity index is 1040. The van der Waals surface area contributed by atoms with E-state index in [-0.39, 0.29) is 13.2 Å². The number of halogens is 3. The second-order valence-corrected chi connectivity index (χ2v) is 8.84. The summed E-state index contributed by atoms with van der Waals surface area (Å²) in [7, 11) is 1.72. The van der Waals surface area contributed by atoms with Crippen molar-refractivity contribution in [3.63, 3.8) is 0 Å². The van der Waals surface area contributed by atoms with Crippen LogP contribution < -0.4 is 26.2 Å². The number of anilines is 4. The number of nitrogens with one attached hydrogen (secondary N) is 4. The van der Waals surface area contributed by atoms with Crippen LogP contribution in [0.4, 0.5) is 36.4 Å². The SMILES string of the molecule is CN=C(CN1CCNCC1)c1nc(N2CCNCC2)nc(Nc2ccncn2)c1NCCOCC(F)(F)F. The quantitative estimate of drug-likeness (QED) is 0.239. The van der Waals surface area contributed by atoms with Gasteiger partial charge in [-0.05, 0) is 6.07 Å². The van der Waals surface area contributed by atoms with Gasteiger partial charge < -0.3 is 30.9 Å². The molecule has 2 aliphatic heterocycles. The molecule has 0 aliphatic carbocycles. The Morgan fingerprint density at radius 3 is 2.50 bits per heavy atom. The molecular formula is C23H34F3N11O. The van der Waals surface area contributed by atoms with E-state index in [4.69, 9.17) is 14.7 Å². The van der Waals surface area contributed by atoms with Gasteiger partial charge in [-0.1, -0.05) is 0 Å². The van der Waals surface area contributed by atoms with Crippen LogP contribution >= 0.6 is 0 Å². The first-order chi connectivity index (χ1) is 18.4. The highest BCUT2D eigenvalue weighted by atomic mass is 19.4. The number of alkyl halides is 3. The molecule has 0 bridgehead atoms.